The van der Waals surface area contributed by atoms with Crippen LogP contribution in [0.3, 0.4) is 0 Å². The van der Waals surface area contributed by atoms with Gasteiger partial charge in [0.15, 0.2) is 0 Å². The molecule has 430 valence electrons. The van der Waals surface area contributed by atoms with E-state index in [1.807, 2.05) is 10.8 Å². The Balaban J connectivity index is 0.973. The van der Waals surface area contributed by atoms with Crippen molar-refractivity contribution in [3.8, 4) is 11.8 Å². The summed E-state index contributed by atoms with van der Waals surface area (Å²) >= 11 is 0. The molecule has 2 amide bonds. The van der Waals surface area contributed by atoms with E-state index in [1.165, 1.54) is 29.9 Å². The second-order valence-electron chi connectivity index (χ2n) is 26.5. The summed E-state index contributed by atoms with van der Waals surface area (Å²) in [5, 5.41) is 44.9. The van der Waals surface area contributed by atoms with Crippen LogP contribution in [0, 0.1) is 93.7 Å². The Morgan fingerprint density at radius 3 is 2.49 bits per heavy atom. The van der Waals surface area contributed by atoms with Crippen molar-refractivity contribution in [1.82, 2.24) is 20.9 Å². The molecule has 9 bridgehead atoms. The van der Waals surface area contributed by atoms with Gasteiger partial charge in [-0.05, 0) is 184 Å². The third-order valence-corrected chi connectivity index (χ3v) is 25.2. The molecule has 0 aromatic heterocycles. The van der Waals surface area contributed by atoms with Gasteiger partial charge in [0.1, 0.15) is 11.5 Å². The summed E-state index contributed by atoms with van der Waals surface area (Å²) in [4.78, 5) is 59.3. The van der Waals surface area contributed by atoms with Gasteiger partial charge in [0.2, 0.25) is 0 Å². The molecule has 14 aliphatic rings. The standard InChI is InChI=1S/C65H84N4O9S2/c1-2-64(24-5-6-25-64)32-51-48-16-15-46-45-22-26-65(58(46)57(48)62(75)77-51)52-19-17-47(43-14-12-37-28-39(35-71)29-38(34-70)8-7-10-41(43)30-37)61(68-50-18-13-40-9-3-4-11-44(40)60(50)74)80-79-36-67-53-31-42(23-27-66-53)49(56(45)59(65)63(76)78-52)33-69-54(72)20-21-55(69)73/h19-21,23,31-32,37-41,43-47,49-50,58,60-61,66-68,70-71,74H,2-6,9-18,22,24-30,33-36H2,1H3. The predicted molar refractivity (Wildman–Crippen MR) is 308 cm³/mol. The molecule has 0 aromatic carbocycles. The van der Waals surface area contributed by atoms with Crippen LogP contribution in [0.5, 0.6) is 0 Å². The second-order valence-corrected chi connectivity index (χ2v) is 29.1. The average molecular weight is 1130 g/mol. The van der Waals surface area contributed by atoms with Crippen LogP contribution < -0.4 is 16.0 Å². The fraction of sp³-hybridized carbons (Fsp3) is 0.692. The molecule has 6 fully saturated rings. The lowest BCUT2D eigenvalue weighted by atomic mass is 9.43. The molecular weight excluding hydrogens is 1040 g/mol. The van der Waals surface area contributed by atoms with Crippen molar-refractivity contribution >= 4 is 45.3 Å². The quantitative estimate of drug-likeness (QED) is 0.0555. The number of cyclic esters (lactones) is 1. The summed E-state index contributed by atoms with van der Waals surface area (Å²) in [5.41, 5.74) is 3.19. The second kappa shape index (κ2) is 22.8. The van der Waals surface area contributed by atoms with Crippen LogP contribution in [0.2, 0.25) is 0 Å². The Morgan fingerprint density at radius 1 is 0.838 bits per heavy atom. The Morgan fingerprint density at radius 2 is 1.68 bits per heavy atom. The largest absolute Gasteiger partial charge is 0.427 e. The number of rotatable bonds is 9. The summed E-state index contributed by atoms with van der Waals surface area (Å²) in [5.74, 6) is 9.02. The summed E-state index contributed by atoms with van der Waals surface area (Å²) in [7, 11) is 3.61. The molecule has 0 aromatic rings. The number of allylic oxidation sites excluding steroid dienone is 5. The topological polar surface area (TPSA) is 187 Å². The van der Waals surface area contributed by atoms with E-state index in [4.69, 9.17) is 9.47 Å². The highest BCUT2D eigenvalue weighted by Crippen LogP contribution is 2.72. The van der Waals surface area contributed by atoms with Crippen LogP contribution in [0.25, 0.3) is 0 Å². The van der Waals surface area contributed by atoms with Gasteiger partial charge in [0, 0.05) is 73.2 Å². The van der Waals surface area contributed by atoms with Crippen LogP contribution in [-0.2, 0) is 28.7 Å². The number of nitrogens with zero attached hydrogens (tertiary/aromatic N) is 1. The summed E-state index contributed by atoms with van der Waals surface area (Å²) in [6.45, 7) is 2.90. The lowest BCUT2D eigenvalue weighted by molar-refractivity contribution is -0.138. The Hall–Kier alpha value is -4.04. The van der Waals surface area contributed by atoms with Crippen LogP contribution >= 0.6 is 21.6 Å². The highest BCUT2D eigenvalue weighted by Gasteiger charge is 2.69. The molecule has 1 saturated heterocycles. The number of aliphatic hydroxyl groups excluding tert-OH is 3. The van der Waals surface area contributed by atoms with E-state index in [-0.39, 0.29) is 108 Å². The minimum atomic E-state index is -0.995. The Labute approximate surface area is 481 Å². The molecular formula is C65H84N4O9S2. The molecule has 15 heteroatoms. The molecule has 0 radical (unpaired) electrons. The van der Waals surface area contributed by atoms with E-state index in [9.17, 15) is 24.9 Å². The number of hydrogen-bond acceptors (Lipinski definition) is 14. The number of nitrogens with one attached hydrogen (secondary N) is 3. The van der Waals surface area contributed by atoms with Crippen molar-refractivity contribution in [2.24, 2.45) is 81.8 Å². The molecule has 16 unspecified atom stereocenters. The van der Waals surface area contributed by atoms with Gasteiger partial charge in [-0.15, -0.1) is 5.92 Å². The van der Waals surface area contributed by atoms with Crippen molar-refractivity contribution in [2.75, 3.05) is 32.2 Å². The zero-order valence-corrected chi connectivity index (χ0v) is 48.4. The molecule has 5 aliphatic heterocycles. The normalized spacial score (nSPS) is 40.9. The van der Waals surface area contributed by atoms with Crippen molar-refractivity contribution in [2.45, 2.75) is 166 Å². The first-order valence-electron chi connectivity index (χ1n) is 31.2. The van der Waals surface area contributed by atoms with Gasteiger partial charge in [-0.2, -0.15) is 0 Å². The Bertz CT molecular complexity index is 2780. The molecule has 6 N–H and O–H groups in total. The average Bonchev–Trinajstić information content (AvgIpc) is 4.41. The first-order valence-corrected chi connectivity index (χ1v) is 33.6. The lowest BCUT2D eigenvalue weighted by Gasteiger charge is -2.57. The lowest BCUT2D eigenvalue weighted by Crippen LogP contribution is -2.55. The fourth-order valence-electron chi connectivity index (χ4n) is 18.9. The number of esters is 2. The maximum atomic E-state index is 15.7. The zero-order chi connectivity index (χ0) is 54.9. The van der Waals surface area contributed by atoms with Crippen molar-refractivity contribution < 1.29 is 44.0 Å². The molecule has 5 heterocycles. The van der Waals surface area contributed by atoms with E-state index in [0.717, 1.165) is 125 Å². The number of hydrogen-bond donors (Lipinski definition) is 6. The number of amides is 2. The minimum absolute atomic E-state index is 0.0123. The number of dihydropyridines is 1. The minimum Gasteiger partial charge on any atom is -0.427 e. The van der Waals surface area contributed by atoms with E-state index < -0.39 is 23.4 Å². The third-order valence-electron chi connectivity index (χ3n) is 22.8. The van der Waals surface area contributed by atoms with Crippen LogP contribution in [0.1, 0.15) is 148 Å². The van der Waals surface area contributed by atoms with Gasteiger partial charge in [0.05, 0.1) is 40.8 Å². The number of imide groups is 1. The Kier molecular flexibility index (Phi) is 15.8. The summed E-state index contributed by atoms with van der Waals surface area (Å²) in [6.07, 6.45) is 31.9. The zero-order valence-electron chi connectivity index (χ0n) is 46.8. The maximum Gasteiger partial charge on any atom is 0.340 e. The number of fused-ring (bicyclic) bond motifs is 5. The monoisotopic (exact) mass is 1130 g/mol. The van der Waals surface area contributed by atoms with E-state index in [2.05, 4.69) is 59.0 Å². The van der Waals surface area contributed by atoms with Gasteiger partial charge in [-0.3, -0.25) is 19.8 Å². The van der Waals surface area contributed by atoms with Crippen molar-refractivity contribution in [1.29, 1.82) is 0 Å². The first-order chi connectivity index (χ1) is 39.0. The van der Waals surface area contributed by atoms with E-state index in [1.54, 1.807) is 10.8 Å². The predicted octanol–water partition coefficient (Wildman–Crippen LogP) is 9.41. The van der Waals surface area contributed by atoms with Gasteiger partial charge in [0.25, 0.3) is 11.8 Å². The highest BCUT2D eigenvalue weighted by atomic mass is 33.1. The van der Waals surface area contributed by atoms with E-state index in [0.29, 0.717) is 73.3 Å². The first kappa shape index (κ1) is 55.2. The van der Waals surface area contributed by atoms with Crippen LogP contribution in [-0.4, -0.2) is 93.7 Å². The number of carbonyl (C=O) groups is 4. The summed E-state index contributed by atoms with van der Waals surface area (Å²) < 4.78 is 13.5. The summed E-state index contributed by atoms with van der Waals surface area (Å²) in [6, 6.07) is -0.0810. The molecule has 1 spiro atoms. The van der Waals surface area contributed by atoms with E-state index >= 15 is 9.59 Å². The number of ether oxygens (including phenoxy) is 2. The van der Waals surface area contributed by atoms with Crippen molar-refractivity contribution in [3.63, 3.8) is 0 Å². The van der Waals surface area contributed by atoms with Gasteiger partial charge < -0.3 is 35.4 Å². The third kappa shape index (κ3) is 9.85. The highest BCUT2D eigenvalue weighted by molar-refractivity contribution is 8.76. The molecule has 80 heavy (non-hydrogen) atoms. The van der Waals surface area contributed by atoms with Crippen LogP contribution in [0.4, 0.5) is 0 Å². The maximum absolute atomic E-state index is 15.7. The molecule has 14 rings (SSSR count). The smallest absolute Gasteiger partial charge is 0.340 e. The van der Waals surface area contributed by atoms with Gasteiger partial charge >= 0.3 is 11.9 Å². The fourth-order valence-corrected chi connectivity index (χ4v) is 21.5. The number of carbonyl (C=O) groups excluding carboxylic acids is 4. The van der Waals surface area contributed by atoms with Gasteiger partial charge in [-0.25, -0.2) is 9.59 Å². The molecule has 9 aliphatic carbocycles. The number of aliphatic hydroxyl groups is 3. The van der Waals surface area contributed by atoms with Gasteiger partial charge in [-0.1, -0.05) is 79.0 Å². The molecule has 16 atom stereocenters. The molecule has 13 nitrogen and oxygen atoms in total. The SMILES string of the molecule is CCC1(C=C2OC(=O)C3=C2CCC2C4CCC5(C6=CCC(C7CCC8CC(CO)CC(CO)C#CCC7C8)C(NC7CCC8CCCCC8C7O)SSCNC7=CC(=CCN7)C(CN7C(=O)C=CC7=O)C4=C5C(=O)O6)C32)CCCC1. The van der Waals surface area contributed by atoms with Crippen molar-refractivity contribution in [3.05, 3.63) is 81.7 Å². The molecule has 5 saturated carbocycles. The van der Waals surface area contributed by atoms with Crippen LogP contribution in [0.15, 0.2) is 81.7 Å².